The van der Waals surface area contributed by atoms with Gasteiger partial charge in [-0.15, -0.1) is 0 Å². The Morgan fingerprint density at radius 1 is 1.18 bits per heavy atom. The molecule has 0 aliphatic heterocycles. The van der Waals surface area contributed by atoms with E-state index in [4.69, 9.17) is 4.74 Å². The third-order valence-electron chi connectivity index (χ3n) is 3.04. The molecule has 6 nitrogen and oxygen atoms in total. The van der Waals surface area contributed by atoms with Crippen molar-refractivity contribution in [1.82, 2.24) is 20.4 Å². The summed E-state index contributed by atoms with van der Waals surface area (Å²) in [5.74, 6) is 1.70. The van der Waals surface area contributed by atoms with Gasteiger partial charge >= 0.3 is 0 Å². The topological polar surface area (TPSA) is 63.5 Å². The zero-order valence-corrected chi connectivity index (χ0v) is 12.9. The normalized spacial score (nSPS) is 11.2. The van der Waals surface area contributed by atoms with Crippen molar-refractivity contribution in [2.75, 3.05) is 26.7 Å². The molecule has 1 aromatic carbocycles. The Hall–Kier alpha value is -2.50. The van der Waals surface area contributed by atoms with E-state index >= 15 is 0 Å². The summed E-state index contributed by atoms with van der Waals surface area (Å²) in [5.41, 5.74) is 0. The lowest BCUT2D eigenvalue weighted by molar-refractivity contribution is 0.311. The number of ether oxygens (including phenoxy) is 1. The minimum absolute atomic E-state index is 0.682. The van der Waals surface area contributed by atoms with Crippen LogP contribution in [0.2, 0.25) is 0 Å². The molecule has 0 radical (unpaired) electrons. The van der Waals surface area contributed by atoms with Gasteiger partial charge in [0.1, 0.15) is 5.75 Å². The van der Waals surface area contributed by atoms with Crippen LogP contribution in [0.4, 0.5) is 0 Å². The molecule has 2 aromatic rings. The number of nitrogens with one attached hydrogen (secondary N) is 2. The fourth-order valence-electron chi connectivity index (χ4n) is 1.93. The van der Waals surface area contributed by atoms with E-state index in [1.54, 1.807) is 13.2 Å². The molecule has 2 N–H and O–H groups in total. The molecule has 1 heterocycles. The van der Waals surface area contributed by atoms with Gasteiger partial charge in [0.15, 0.2) is 5.96 Å². The number of nitrogens with zero attached hydrogens (tertiary/aromatic N) is 3. The molecule has 6 heteroatoms. The Balaban J connectivity index is 1.54. The van der Waals surface area contributed by atoms with Crippen molar-refractivity contribution in [3.05, 3.63) is 48.8 Å². The van der Waals surface area contributed by atoms with Gasteiger partial charge in [0.25, 0.3) is 0 Å². The van der Waals surface area contributed by atoms with E-state index in [0.29, 0.717) is 6.61 Å². The van der Waals surface area contributed by atoms with E-state index in [1.807, 2.05) is 47.3 Å². The highest BCUT2D eigenvalue weighted by molar-refractivity contribution is 5.79. The average molecular weight is 301 g/mol. The summed E-state index contributed by atoms with van der Waals surface area (Å²) in [7, 11) is 1.77. The minimum Gasteiger partial charge on any atom is -0.494 e. The van der Waals surface area contributed by atoms with Gasteiger partial charge in [-0.05, 0) is 24.6 Å². The van der Waals surface area contributed by atoms with Crippen molar-refractivity contribution in [3.63, 3.8) is 0 Å². The van der Waals surface area contributed by atoms with E-state index in [-0.39, 0.29) is 0 Å². The molecular formula is C16H23N5O. The van der Waals surface area contributed by atoms with Crippen LogP contribution in [0.15, 0.2) is 53.8 Å². The molecule has 22 heavy (non-hydrogen) atoms. The monoisotopic (exact) mass is 301 g/mol. The highest BCUT2D eigenvalue weighted by Crippen LogP contribution is 2.07. The highest BCUT2D eigenvalue weighted by atomic mass is 16.5. The summed E-state index contributed by atoms with van der Waals surface area (Å²) in [6, 6.07) is 11.8. The first-order valence-corrected chi connectivity index (χ1v) is 7.48. The first-order chi connectivity index (χ1) is 10.9. The van der Waals surface area contributed by atoms with Gasteiger partial charge in [0.2, 0.25) is 0 Å². The van der Waals surface area contributed by atoms with Crippen LogP contribution in [0.1, 0.15) is 6.42 Å². The summed E-state index contributed by atoms with van der Waals surface area (Å²) >= 11 is 0. The molecule has 0 saturated heterocycles. The van der Waals surface area contributed by atoms with Crippen molar-refractivity contribution in [2.45, 2.75) is 13.0 Å². The largest absolute Gasteiger partial charge is 0.494 e. The van der Waals surface area contributed by atoms with Crippen LogP contribution in [0, 0.1) is 0 Å². The second-order valence-electron chi connectivity index (χ2n) is 4.71. The van der Waals surface area contributed by atoms with Gasteiger partial charge in [-0.25, -0.2) is 0 Å². The predicted molar refractivity (Wildman–Crippen MR) is 88.1 cm³/mol. The van der Waals surface area contributed by atoms with Gasteiger partial charge in [0.05, 0.1) is 13.2 Å². The first kappa shape index (κ1) is 15.9. The van der Waals surface area contributed by atoms with E-state index in [1.165, 1.54) is 0 Å². The molecule has 0 amide bonds. The molecule has 0 fully saturated rings. The van der Waals surface area contributed by atoms with E-state index in [2.05, 4.69) is 20.7 Å². The van der Waals surface area contributed by atoms with E-state index < -0.39 is 0 Å². The van der Waals surface area contributed by atoms with E-state index in [0.717, 1.165) is 37.8 Å². The Morgan fingerprint density at radius 2 is 2.00 bits per heavy atom. The van der Waals surface area contributed by atoms with Crippen LogP contribution in [0.25, 0.3) is 0 Å². The number of guanidine groups is 1. The maximum Gasteiger partial charge on any atom is 0.191 e. The zero-order chi connectivity index (χ0) is 15.5. The number of hydrogen-bond acceptors (Lipinski definition) is 3. The third kappa shape index (κ3) is 5.87. The standard InChI is InChI=1S/C16H23N5O/c1-17-16(19-11-13-21-12-5-10-20-21)18-9-6-14-22-15-7-3-2-4-8-15/h2-5,7-8,10,12H,6,9,11,13-14H2,1H3,(H2,17,18,19). The molecule has 0 aliphatic carbocycles. The van der Waals surface area contributed by atoms with Crippen LogP contribution in [-0.2, 0) is 6.54 Å². The Kier molecular flexibility index (Phi) is 6.81. The number of hydrogen-bond donors (Lipinski definition) is 2. The highest BCUT2D eigenvalue weighted by Gasteiger charge is 1.98. The predicted octanol–water partition coefficient (Wildman–Crippen LogP) is 1.52. The molecule has 1 aromatic heterocycles. The summed E-state index contributed by atoms with van der Waals surface area (Å²) in [5, 5.41) is 10.7. The van der Waals surface area contributed by atoms with Crippen LogP contribution in [0.3, 0.4) is 0 Å². The van der Waals surface area contributed by atoms with Crippen molar-refractivity contribution in [2.24, 2.45) is 4.99 Å². The van der Waals surface area contributed by atoms with Crippen molar-refractivity contribution in [1.29, 1.82) is 0 Å². The molecule has 2 rings (SSSR count). The maximum absolute atomic E-state index is 5.64. The molecular weight excluding hydrogens is 278 g/mol. The van der Waals surface area contributed by atoms with Crippen molar-refractivity contribution in [3.8, 4) is 5.75 Å². The SMILES string of the molecule is CN=C(NCCCOc1ccccc1)NCCn1cccn1. The summed E-state index contributed by atoms with van der Waals surface area (Å²) in [6.07, 6.45) is 4.63. The lowest BCUT2D eigenvalue weighted by atomic mass is 10.3. The van der Waals surface area contributed by atoms with Gasteiger partial charge in [-0.1, -0.05) is 18.2 Å². The zero-order valence-electron chi connectivity index (χ0n) is 12.9. The molecule has 0 bridgehead atoms. The summed E-state index contributed by atoms with van der Waals surface area (Å²) in [6.45, 7) is 3.09. The van der Waals surface area contributed by atoms with Crippen LogP contribution >= 0.6 is 0 Å². The lowest BCUT2D eigenvalue weighted by Crippen LogP contribution is -2.39. The lowest BCUT2D eigenvalue weighted by Gasteiger charge is -2.12. The van der Waals surface area contributed by atoms with Crippen LogP contribution < -0.4 is 15.4 Å². The maximum atomic E-state index is 5.64. The van der Waals surface area contributed by atoms with Gasteiger partial charge in [-0.3, -0.25) is 9.67 Å². The Morgan fingerprint density at radius 3 is 2.73 bits per heavy atom. The summed E-state index contributed by atoms with van der Waals surface area (Å²) < 4.78 is 7.52. The van der Waals surface area contributed by atoms with Crippen LogP contribution in [-0.4, -0.2) is 42.5 Å². The number of rotatable bonds is 8. The van der Waals surface area contributed by atoms with Gasteiger partial charge < -0.3 is 15.4 Å². The van der Waals surface area contributed by atoms with E-state index in [9.17, 15) is 0 Å². The number of benzene rings is 1. The Bertz CT molecular complexity index is 539. The smallest absolute Gasteiger partial charge is 0.191 e. The molecule has 0 aliphatic rings. The molecule has 118 valence electrons. The number of aliphatic imine (C=N–C) groups is 1. The third-order valence-corrected chi connectivity index (χ3v) is 3.04. The summed E-state index contributed by atoms with van der Waals surface area (Å²) in [4.78, 5) is 4.19. The molecule has 0 unspecified atom stereocenters. The Labute approximate surface area is 131 Å². The average Bonchev–Trinajstić information content (AvgIpc) is 3.07. The van der Waals surface area contributed by atoms with Gasteiger partial charge in [-0.2, -0.15) is 5.10 Å². The van der Waals surface area contributed by atoms with Crippen molar-refractivity contribution < 1.29 is 4.74 Å². The molecule has 0 spiro atoms. The fourth-order valence-corrected chi connectivity index (χ4v) is 1.93. The number of para-hydroxylation sites is 1. The fraction of sp³-hybridized carbons (Fsp3) is 0.375. The quantitative estimate of drug-likeness (QED) is 0.441. The second-order valence-corrected chi connectivity index (χ2v) is 4.71. The molecule has 0 atom stereocenters. The van der Waals surface area contributed by atoms with Crippen LogP contribution in [0.5, 0.6) is 5.75 Å². The molecule has 0 saturated carbocycles. The van der Waals surface area contributed by atoms with Gasteiger partial charge in [0, 0.05) is 32.5 Å². The van der Waals surface area contributed by atoms with Crippen molar-refractivity contribution >= 4 is 5.96 Å². The first-order valence-electron chi connectivity index (χ1n) is 7.48. The number of aromatic nitrogens is 2. The minimum atomic E-state index is 0.682. The second kappa shape index (κ2) is 9.44.